The molecule has 1 saturated heterocycles. The van der Waals surface area contributed by atoms with E-state index in [2.05, 4.69) is 5.32 Å². The quantitative estimate of drug-likeness (QED) is 0.853. The fourth-order valence-electron chi connectivity index (χ4n) is 2.60. The third-order valence-corrected chi connectivity index (χ3v) is 3.82. The summed E-state index contributed by atoms with van der Waals surface area (Å²) in [7, 11) is 0. The second kappa shape index (κ2) is 7.11. The molecule has 7 nitrogen and oxygen atoms in total. The van der Waals surface area contributed by atoms with E-state index in [4.69, 9.17) is 9.52 Å². The molecule has 7 heteroatoms. The number of rotatable bonds is 5. The Morgan fingerprint density at radius 3 is 2.82 bits per heavy atom. The SMILES string of the molecule is CCC(NC(=O)C1CCCCN1C(=O)c1ccco1)C(=O)O. The maximum Gasteiger partial charge on any atom is 0.326 e. The molecule has 2 N–H and O–H groups in total. The molecule has 0 spiro atoms. The number of carbonyl (C=O) groups excluding carboxylic acids is 2. The van der Waals surface area contributed by atoms with Gasteiger partial charge in [0.1, 0.15) is 12.1 Å². The van der Waals surface area contributed by atoms with Crippen LogP contribution >= 0.6 is 0 Å². The molecular formula is C15H20N2O5. The van der Waals surface area contributed by atoms with E-state index in [9.17, 15) is 14.4 Å². The van der Waals surface area contributed by atoms with Crippen molar-refractivity contribution in [2.24, 2.45) is 0 Å². The lowest BCUT2D eigenvalue weighted by molar-refractivity contribution is -0.142. The van der Waals surface area contributed by atoms with Crippen LogP contribution in [0.25, 0.3) is 0 Å². The highest BCUT2D eigenvalue weighted by Crippen LogP contribution is 2.20. The van der Waals surface area contributed by atoms with Crippen molar-refractivity contribution in [3.05, 3.63) is 24.2 Å². The maximum absolute atomic E-state index is 12.4. The highest BCUT2D eigenvalue weighted by atomic mass is 16.4. The molecule has 0 bridgehead atoms. The van der Waals surface area contributed by atoms with Gasteiger partial charge in [-0.2, -0.15) is 0 Å². The van der Waals surface area contributed by atoms with Crippen LogP contribution in [0.1, 0.15) is 43.2 Å². The van der Waals surface area contributed by atoms with Crippen LogP contribution in [0.5, 0.6) is 0 Å². The highest BCUT2D eigenvalue weighted by Gasteiger charge is 2.35. The summed E-state index contributed by atoms with van der Waals surface area (Å²) in [5.41, 5.74) is 0. The number of nitrogens with zero attached hydrogens (tertiary/aromatic N) is 1. The number of furan rings is 1. The Labute approximate surface area is 128 Å². The first-order chi connectivity index (χ1) is 10.5. The van der Waals surface area contributed by atoms with Gasteiger partial charge in [0.2, 0.25) is 5.91 Å². The lowest BCUT2D eigenvalue weighted by Gasteiger charge is -2.34. The van der Waals surface area contributed by atoms with E-state index in [1.807, 2.05) is 0 Å². The van der Waals surface area contributed by atoms with E-state index in [0.29, 0.717) is 19.4 Å². The van der Waals surface area contributed by atoms with Crippen molar-refractivity contribution in [1.29, 1.82) is 0 Å². The lowest BCUT2D eigenvalue weighted by Crippen LogP contribution is -2.54. The van der Waals surface area contributed by atoms with Crippen LogP contribution in [-0.2, 0) is 9.59 Å². The zero-order valence-electron chi connectivity index (χ0n) is 12.4. The topological polar surface area (TPSA) is 99.9 Å². The summed E-state index contributed by atoms with van der Waals surface area (Å²) in [4.78, 5) is 37.3. The number of aliphatic carboxylic acids is 1. The van der Waals surface area contributed by atoms with Gasteiger partial charge in [0.05, 0.1) is 6.26 Å². The minimum atomic E-state index is -1.07. The zero-order valence-corrected chi connectivity index (χ0v) is 12.4. The number of piperidine rings is 1. The number of carboxylic acids is 1. The Kier molecular flexibility index (Phi) is 5.19. The van der Waals surface area contributed by atoms with Crippen LogP contribution in [0.15, 0.2) is 22.8 Å². The Morgan fingerprint density at radius 1 is 1.45 bits per heavy atom. The summed E-state index contributed by atoms with van der Waals surface area (Å²) in [6.07, 6.45) is 3.86. The van der Waals surface area contributed by atoms with Crippen LogP contribution in [0, 0.1) is 0 Å². The summed E-state index contributed by atoms with van der Waals surface area (Å²) < 4.78 is 5.10. The third kappa shape index (κ3) is 3.47. The van der Waals surface area contributed by atoms with Crippen molar-refractivity contribution in [1.82, 2.24) is 10.2 Å². The van der Waals surface area contributed by atoms with Gasteiger partial charge in [-0.1, -0.05) is 6.92 Å². The van der Waals surface area contributed by atoms with Gasteiger partial charge in [0.15, 0.2) is 5.76 Å². The number of likely N-dealkylation sites (tertiary alicyclic amines) is 1. The summed E-state index contributed by atoms with van der Waals surface area (Å²) in [6, 6.07) is 1.58. The molecule has 1 aliphatic rings. The summed E-state index contributed by atoms with van der Waals surface area (Å²) in [5.74, 6) is -1.65. The Morgan fingerprint density at radius 2 is 2.23 bits per heavy atom. The van der Waals surface area contributed by atoms with Gasteiger partial charge >= 0.3 is 5.97 Å². The van der Waals surface area contributed by atoms with E-state index in [1.165, 1.54) is 11.2 Å². The Bertz CT molecular complexity index is 540. The number of nitrogens with one attached hydrogen (secondary N) is 1. The number of carbonyl (C=O) groups is 3. The van der Waals surface area contributed by atoms with Crippen molar-refractivity contribution in [2.75, 3.05) is 6.54 Å². The summed E-state index contributed by atoms with van der Waals surface area (Å²) in [5, 5.41) is 11.5. The molecule has 1 aliphatic heterocycles. The molecule has 0 aliphatic carbocycles. The maximum atomic E-state index is 12.4. The predicted molar refractivity (Wildman–Crippen MR) is 77.2 cm³/mol. The van der Waals surface area contributed by atoms with Crippen molar-refractivity contribution < 1.29 is 23.9 Å². The number of amides is 2. The van der Waals surface area contributed by atoms with Crippen molar-refractivity contribution in [2.45, 2.75) is 44.7 Å². The van der Waals surface area contributed by atoms with Crippen LogP contribution in [0.4, 0.5) is 0 Å². The minimum absolute atomic E-state index is 0.185. The van der Waals surface area contributed by atoms with E-state index in [-0.39, 0.29) is 11.7 Å². The second-order valence-electron chi connectivity index (χ2n) is 5.30. The van der Waals surface area contributed by atoms with Gasteiger partial charge in [-0.05, 0) is 37.8 Å². The number of hydrogen-bond donors (Lipinski definition) is 2. The second-order valence-corrected chi connectivity index (χ2v) is 5.30. The Balaban J connectivity index is 2.10. The van der Waals surface area contributed by atoms with E-state index in [1.54, 1.807) is 19.1 Å². The Hall–Kier alpha value is -2.31. The molecular weight excluding hydrogens is 288 g/mol. The van der Waals surface area contributed by atoms with Gasteiger partial charge < -0.3 is 19.7 Å². The molecule has 2 unspecified atom stereocenters. The number of carboxylic acid groups (broad SMARTS) is 1. The van der Waals surface area contributed by atoms with Gasteiger partial charge in [0, 0.05) is 6.54 Å². The molecule has 2 heterocycles. The first-order valence-electron chi connectivity index (χ1n) is 7.42. The molecule has 1 aromatic heterocycles. The lowest BCUT2D eigenvalue weighted by atomic mass is 10.0. The van der Waals surface area contributed by atoms with Crippen molar-refractivity contribution >= 4 is 17.8 Å². The first-order valence-corrected chi connectivity index (χ1v) is 7.42. The molecule has 2 amide bonds. The molecule has 0 aromatic carbocycles. The standard InChI is InChI=1S/C15H20N2O5/c1-2-10(15(20)21)16-13(18)11-6-3-4-8-17(11)14(19)12-7-5-9-22-12/h5,7,9-11H,2-4,6,8H2,1H3,(H,16,18)(H,20,21). The minimum Gasteiger partial charge on any atom is -0.480 e. The average Bonchev–Trinajstić information content (AvgIpc) is 3.05. The number of hydrogen-bond acceptors (Lipinski definition) is 4. The van der Waals surface area contributed by atoms with Crippen LogP contribution < -0.4 is 5.32 Å². The van der Waals surface area contributed by atoms with Crippen LogP contribution in [-0.4, -0.2) is 46.4 Å². The molecule has 2 atom stereocenters. The first kappa shape index (κ1) is 16.1. The zero-order chi connectivity index (χ0) is 16.1. The fourth-order valence-corrected chi connectivity index (χ4v) is 2.60. The van der Waals surface area contributed by atoms with Gasteiger partial charge in [-0.3, -0.25) is 9.59 Å². The average molecular weight is 308 g/mol. The van der Waals surface area contributed by atoms with Gasteiger partial charge in [-0.25, -0.2) is 4.79 Å². The molecule has 0 radical (unpaired) electrons. The molecule has 2 rings (SSSR count). The van der Waals surface area contributed by atoms with E-state index in [0.717, 1.165) is 12.8 Å². The molecule has 22 heavy (non-hydrogen) atoms. The monoisotopic (exact) mass is 308 g/mol. The van der Waals surface area contributed by atoms with Crippen molar-refractivity contribution in [3.8, 4) is 0 Å². The molecule has 1 fully saturated rings. The predicted octanol–water partition coefficient (Wildman–Crippen LogP) is 1.25. The van der Waals surface area contributed by atoms with E-state index >= 15 is 0 Å². The molecule has 120 valence electrons. The smallest absolute Gasteiger partial charge is 0.326 e. The third-order valence-electron chi connectivity index (χ3n) is 3.82. The van der Waals surface area contributed by atoms with Gasteiger partial charge in [-0.15, -0.1) is 0 Å². The van der Waals surface area contributed by atoms with E-state index < -0.39 is 24.0 Å². The molecule has 0 saturated carbocycles. The normalized spacial score (nSPS) is 19.5. The summed E-state index contributed by atoms with van der Waals surface area (Å²) >= 11 is 0. The fraction of sp³-hybridized carbons (Fsp3) is 0.533. The van der Waals surface area contributed by atoms with Crippen LogP contribution in [0.3, 0.4) is 0 Å². The summed E-state index contributed by atoms with van der Waals surface area (Å²) in [6.45, 7) is 2.15. The van der Waals surface area contributed by atoms with Crippen LogP contribution in [0.2, 0.25) is 0 Å². The molecule has 1 aromatic rings. The highest BCUT2D eigenvalue weighted by molar-refractivity contribution is 5.96. The van der Waals surface area contributed by atoms with Crippen molar-refractivity contribution in [3.63, 3.8) is 0 Å². The largest absolute Gasteiger partial charge is 0.480 e. The van der Waals surface area contributed by atoms with Gasteiger partial charge in [0.25, 0.3) is 5.91 Å².